The molecule has 3 nitrogen and oxygen atoms in total. The molecular formula is C21H23NO2S2. The van der Waals surface area contributed by atoms with Crippen molar-refractivity contribution in [3.63, 3.8) is 0 Å². The third kappa shape index (κ3) is 4.74. The van der Waals surface area contributed by atoms with Gasteiger partial charge in [0.05, 0.1) is 12.0 Å². The first-order valence-corrected chi connectivity index (χ1v) is 9.70. The maximum atomic E-state index is 11.8. The van der Waals surface area contributed by atoms with Crippen LogP contribution in [-0.4, -0.2) is 17.3 Å². The molecule has 1 aliphatic heterocycles. The summed E-state index contributed by atoms with van der Waals surface area (Å²) in [5, 5.41) is 2.63. The predicted molar refractivity (Wildman–Crippen MR) is 116 cm³/mol. The Balaban J connectivity index is 0.00000117. The Morgan fingerprint density at radius 2 is 1.73 bits per heavy atom. The van der Waals surface area contributed by atoms with Crippen molar-refractivity contribution in [1.82, 2.24) is 5.32 Å². The topological polar surface area (TPSA) is 38.3 Å². The molecular weight excluding hydrogens is 362 g/mol. The number of carbonyl (C=O) groups is 1. The molecule has 1 aliphatic rings. The summed E-state index contributed by atoms with van der Waals surface area (Å²) in [5.41, 5.74) is 5.44. The molecule has 3 rings (SSSR count). The molecule has 0 atom stereocenters. The Kier molecular flexibility index (Phi) is 7.00. The van der Waals surface area contributed by atoms with Crippen LogP contribution in [0.5, 0.6) is 5.75 Å². The van der Waals surface area contributed by atoms with E-state index in [1.165, 1.54) is 22.9 Å². The van der Waals surface area contributed by atoms with Crippen LogP contribution in [0.3, 0.4) is 0 Å². The largest absolute Gasteiger partial charge is 0.496 e. The number of thioether (sulfide) groups is 1. The Hall–Kier alpha value is -2.11. The van der Waals surface area contributed by atoms with Crippen LogP contribution in [-0.2, 0) is 4.79 Å². The second-order valence-corrected chi connectivity index (χ2v) is 7.41. The molecule has 0 unspecified atom stereocenters. The molecule has 1 fully saturated rings. The number of rotatable bonds is 3. The van der Waals surface area contributed by atoms with E-state index in [2.05, 4.69) is 37.4 Å². The quantitative estimate of drug-likeness (QED) is 0.560. The lowest BCUT2D eigenvalue weighted by Gasteiger charge is -2.11. The number of carbonyl (C=O) groups excluding carboxylic acids is 1. The number of hydrogen-bond acceptors (Lipinski definition) is 4. The Labute approximate surface area is 164 Å². The number of hydrogen-bond donors (Lipinski definition) is 1. The highest BCUT2D eigenvalue weighted by Crippen LogP contribution is 2.34. The first-order chi connectivity index (χ1) is 12.5. The molecule has 1 heterocycles. The lowest BCUT2D eigenvalue weighted by molar-refractivity contribution is -0.115. The van der Waals surface area contributed by atoms with E-state index < -0.39 is 0 Å². The van der Waals surface area contributed by atoms with Gasteiger partial charge in [-0.2, -0.15) is 0 Å². The van der Waals surface area contributed by atoms with Gasteiger partial charge in [0, 0.05) is 5.56 Å². The molecule has 0 aliphatic carbocycles. The summed E-state index contributed by atoms with van der Waals surface area (Å²) in [6, 6.07) is 12.3. The minimum atomic E-state index is -0.145. The highest BCUT2D eigenvalue weighted by atomic mass is 32.2. The maximum Gasteiger partial charge on any atom is 0.263 e. The van der Waals surface area contributed by atoms with Gasteiger partial charge in [-0.3, -0.25) is 4.79 Å². The molecule has 2 aromatic carbocycles. The van der Waals surface area contributed by atoms with E-state index in [4.69, 9.17) is 17.0 Å². The van der Waals surface area contributed by atoms with Crippen molar-refractivity contribution in [2.24, 2.45) is 0 Å². The number of thiocarbonyl (C=S) groups is 1. The molecule has 26 heavy (non-hydrogen) atoms. The summed E-state index contributed by atoms with van der Waals surface area (Å²) < 4.78 is 6.01. The monoisotopic (exact) mass is 385 g/mol. The van der Waals surface area contributed by atoms with E-state index in [1.807, 2.05) is 38.1 Å². The SMILES string of the molecule is CC.COc1ccc(/C=C2\SC(=S)NC2=O)cc1-c1cc(C)cc(C)c1. The second-order valence-electron chi connectivity index (χ2n) is 5.69. The van der Waals surface area contributed by atoms with E-state index >= 15 is 0 Å². The molecule has 5 heteroatoms. The van der Waals surface area contributed by atoms with Crippen molar-refractivity contribution >= 4 is 40.3 Å². The van der Waals surface area contributed by atoms with Gasteiger partial charge >= 0.3 is 0 Å². The summed E-state index contributed by atoms with van der Waals surface area (Å²) in [7, 11) is 1.67. The van der Waals surface area contributed by atoms with Crippen molar-refractivity contribution in [1.29, 1.82) is 0 Å². The first-order valence-electron chi connectivity index (χ1n) is 8.48. The van der Waals surface area contributed by atoms with Crippen LogP contribution in [0.25, 0.3) is 17.2 Å². The number of ether oxygens (including phenoxy) is 1. The maximum absolute atomic E-state index is 11.8. The van der Waals surface area contributed by atoms with Gasteiger partial charge in [0.1, 0.15) is 10.1 Å². The molecule has 0 radical (unpaired) electrons. The molecule has 2 aromatic rings. The van der Waals surface area contributed by atoms with Gasteiger partial charge < -0.3 is 10.1 Å². The molecule has 136 valence electrons. The number of amides is 1. The van der Waals surface area contributed by atoms with Gasteiger partial charge in [-0.15, -0.1) is 0 Å². The van der Waals surface area contributed by atoms with E-state index in [-0.39, 0.29) is 5.91 Å². The third-order valence-corrected chi connectivity index (χ3v) is 4.86. The number of methoxy groups -OCH3 is 1. The standard InChI is InChI=1S/C19H17NO2S2.C2H6/c1-11-6-12(2)8-14(7-11)15-9-13(4-5-16(15)22-3)10-17-18(21)20-19(23)24-17;1-2/h4-10H,1-3H3,(H,20,21,23);1-2H3/b17-10-;. The molecule has 1 amide bonds. The van der Waals surface area contributed by atoms with Gasteiger partial charge in [-0.25, -0.2) is 0 Å². The zero-order valence-corrected chi connectivity index (χ0v) is 17.3. The molecule has 0 spiro atoms. The third-order valence-electron chi connectivity index (χ3n) is 3.70. The number of nitrogens with one attached hydrogen (secondary N) is 1. The molecule has 0 saturated carbocycles. The summed E-state index contributed by atoms with van der Waals surface area (Å²) in [4.78, 5) is 12.5. The highest BCUT2D eigenvalue weighted by molar-refractivity contribution is 8.26. The summed E-state index contributed by atoms with van der Waals surface area (Å²) in [6.45, 7) is 8.16. The average molecular weight is 386 g/mol. The lowest BCUT2D eigenvalue weighted by Crippen LogP contribution is -2.17. The average Bonchev–Trinajstić information content (AvgIpc) is 2.93. The minimum Gasteiger partial charge on any atom is -0.496 e. The fourth-order valence-electron chi connectivity index (χ4n) is 2.74. The van der Waals surface area contributed by atoms with Crippen molar-refractivity contribution in [3.05, 3.63) is 58.0 Å². The van der Waals surface area contributed by atoms with Crippen molar-refractivity contribution in [3.8, 4) is 16.9 Å². The van der Waals surface area contributed by atoms with Crippen LogP contribution in [0.2, 0.25) is 0 Å². The van der Waals surface area contributed by atoms with Crippen LogP contribution in [0.1, 0.15) is 30.5 Å². The fraction of sp³-hybridized carbons (Fsp3) is 0.238. The van der Waals surface area contributed by atoms with Crippen molar-refractivity contribution < 1.29 is 9.53 Å². The lowest BCUT2D eigenvalue weighted by atomic mass is 9.98. The van der Waals surface area contributed by atoms with Crippen LogP contribution >= 0.6 is 24.0 Å². The van der Waals surface area contributed by atoms with Gasteiger partial charge in [0.15, 0.2) is 0 Å². The normalized spacial score (nSPS) is 14.7. The number of benzene rings is 2. The molecule has 1 N–H and O–H groups in total. The van der Waals surface area contributed by atoms with E-state index in [0.717, 1.165) is 22.4 Å². The zero-order valence-electron chi connectivity index (χ0n) is 15.7. The smallest absolute Gasteiger partial charge is 0.263 e. The Morgan fingerprint density at radius 1 is 1.08 bits per heavy atom. The van der Waals surface area contributed by atoms with Crippen molar-refractivity contribution in [2.45, 2.75) is 27.7 Å². The first kappa shape index (κ1) is 20.2. The van der Waals surface area contributed by atoms with Gasteiger partial charge in [-0.05, 0) is 43.2 Å². The zero-order chi connectivity index (χ0) is 19.3. The van der Waals surface area contributed by atoms with Crippen LogP contribution in [0.4, 0.5) is 0 Å². The number of aryl methyl sites for hydroxylation is 2. The van der Waals surface area contributed by atoms with Crippen LogP contribution in [0, 0.1) is 13.8 Å². The second kappa shape index (κ2) is 9.01. The van der Waals surface area contributed by atoms with Crippen molar-refractivity contribution in [2.75, 3.05) is 7.11 Å². The Morgan fingerprint density at radius 3 is 2.27 bits per heavy atom. The minimum absolute atomic E-state index is 0.145. The van der Waals surface area contributed by atoms with E-state index in [1.54, 1.807) is 7.11 Å². The summed E-state index contributed by atoms with van der Waals surface area (Å²) in [6.07, 6.45) is 1.85. The Bertz CT molecular complexity index is 852. The van der Waals surface area contributed by atoms with E-state index in [0.29, 0.717) is 9.23 Å². The molecule has 0 bridgehead atoms. The summed E-state index contributed by atoms with van der Waals surface area (Å²) >= 11 is 6.32. The fourth-order valence-corrected chi connectivity index (χ4v) is 3.79. The van der Waals surface area contributed by atoms with Crippen LogP contribution in [0.15, 0.2) is 41.3 Å². The van der Waals surface area contributed by atoms with Crippen LogP contribution < -0.4 is 10.1 Å². The summed E-state index contributed by atoms with van der Waals surface area (Å²) in [5.74, 6) is 0.662. The van der Waals surface area contributed by atoms with Gasteiger partial charge in [-0.1, -0.05) is 73.2 Å². The molecule has 1 saturated heterocycles. The van der Waals surface area contributed by atoms with Gasteiger partial charge in [0.2, 0.25) is 0 Å². The highest BCUT2D eigenvalue weighted by Gasteiger charge is 2.22. The predicted octanol–water partition coefficient (Wildman–Crippen LogP) is 5.49. The van der Waals surface area contributed by atoms with E-state index in [9.17, 15) is 4.79 Å². The van der Waals surface area contributed by atoms with Gasteiger partial charge in [0.25, 0.3) is 5.91 Å². The molecule has 0 aromatic heterocycles.